The zero-order chi connectivity index (χ0) is 9.54. The van der Waals surface area contributed by atoms with Crippen LogP contribution in [0.4, 0.5) is 0 Å². The number of pyridine rings is 1. The SMILES string of the molecule is Clc1ccc2c(c1)sc1ccncc12. The maximum absolute atomic E-state index is 5.94. The summed E-state index contributed by atoms with van der Waals surface area (Å²) in [6.45, 7) is 0. The molecule has 0 amide bonds. The van der Waals surface area contributed by atoms with Gasteiger partial charge < -0.3 is 0 Å². The Hall–Kier alpha value is -1.12. The normalized spacial score (nSPS) is 11.2. The summed E-state index contributed by atoms with van der Waals surface area (Å²) in [5.74, 6) is 0. The van der Waals surface area contributed by atoms with Gasteiger partial charge in [0.05, 0.1) is 0 Å². The highest BCUT2D eigenvalue weighted by Crippen LogP contribution is 2.34. The minimum Gasteiger partial charge on any atom is -0.264 e. The van der Waals surface area contributed by atoms with Crippen molar-refractivity contribution in [3.8, 4) is 0 Å². The number of hydrogen-bond acceptors (Lipinski definition) is 2. The van der Waals surface area contributed by atoms with Crippen LogP contribution in [0, 0.1) is 0 Å². The summed E-state index contributed by atoms with van der Waals surface area (Å²) in [5.41, 5.74) is 0. The van der Waals surface area contributed by atoms with Gasteiger partial charge in [-0.3, -0.25) is 4.98 Å². The maximum Gasteiger partial charge on any atom is 0.0420 e. The van der Waals surface area contributed by atoms with Gasteiger partial charge in [-0.15, -0.1) is 11.3 Å². The van der Waals surface area contributed by atoms with Crippen LogP contribution in [-0.2, 0) is 0 Å². The Balaban J connectivity index is 2.57. The molecule has 2 heterocycles. The average Bonchev–Trinajstić information content (AvgIpc) is 2.54. The smallest absolute Gasteiger partial charge is 0.0420 e. The van der Waals surface area contributed by atoms with Crippen LogP contribution in [0.1, 0.15) is 0 Å². The molecule has 0 atom stereocenters. The third-order valence-electron chi connectivity index (χ3n) is 2.23. The van der Waals surface area contributed by atoms with Crippen LogP contribution in [0.25, 0.3) is 20.2 Å². The van der Waals surface area contributed by atoms with E-state index in [1.165, 1.54) is 20.2 Å². The predicted octanol–water partition coefficient (Wildman–Crippen LogP) is 4.10. The van der Waals surface area contributed by atoms with Crippen molar-refractivity contribution in [1.82, 2.24) is 4.98 Å². The lowest BCUT2D eigenvalue weighted by Gasteiger charge is -1.90. The minimum atomic E-state index is 0.789. The molecule has 0 aliphatic heterocycles. The van der Waals surface area contributed by atoms with E-state index < -0.39 is 0 Å². The van der Waals surface area contributed by atoms with E-state index in [-0.39, 0.29) is 0 Å². The quantitative estimate of drug-likeness (QED) is 0.555. The fourth-order valence-corrected chi connectivity index (χ4v) is 2.94. The Morgan fingerprint density at radius 3 is 2.93 bits per heavy atom. The van der Waals surface area contributed by atoms with Gasteiger partial charge in [0.25, 0.3) is 0 Å². The Kier molecular flexibility index (Phi) is 1.72. The number of hydrogen-bond donors (Lipinski definition) is 0. The number of aromatic nitrogens is 1. The number of fused-ring (bicyclic) bond motifs is 3. The molecule has 0 radical (unpaired) electrons. The molecule has 0 aliphatic carbocycles. The maximum atomic E-state index is 5.94. The second-order valence-electron chi connectivity index (χ2n) is 3.11. The molecule has 2 aromatic heterocycles. The molecule has 0 bridgehead atoms. The first kappa shape index (κ1) is 8.21. The first-order valence-electron chi connectivity index (χ1n) is 4.26. The molecule has 0 unspecified atom stereocenters. The molecular formula is C11H6ClNS. The van der Waals surface area contributed by atoms with Crippen LogP contribution in [0.2, 0.25) is 5.02 Å². The summed E-state index contributed by atoms with van der Waals surface area (Å²) in [6.07, 6.45) is 3.72. The predicted molar refractivity (Wildman–Crippen MR) is 62.1 cm³/mol. The summed E-state index contributed by atoms with van der Waals surface area (Å²) >= 11 is 7.69. The van der Waals surface area contributed by atoms with Crippen LogP contribution in [0.3, 0.4) is 0 Å². The second-order valence-corrected chi connectivity index (χ2v) is 4.63. The highest BCUT2D eigenvalue weighted by molar-refractivity contribution is 7.25. The van der Waals surface area contributed by atoms with Crippen LogP contribution >= 0.6 is 22.9 Å². The largest absolute Gasteiger partial charge is 0.264 e. The molecule has 14 heavy (non-hydrogen) atoms. The molecule has 0 spiro atoms. The zero-order valence-corrected chi connectivity index (χ0v) is 8.77. The summed E-state index contributed by atoms with van der Waals surface area (Å²) in [6, 6.07) is 8.01. The number of rotatable bonds is 0. The van der Waals surface area contributed by atoms with Crippen molar-refractivity contribution in [1.29, 1.82) is 0 Å². The van der Waals surface area contributed by atoms with Crippen molar-refractivity contribution in [2.24, 2.45) is 0 Å². The molecule has 3 rings (SSSR count). The molecule has 0 aliphatic rings. The number of benzene rings is 1. The first-order valence-corrected chi connectivity index (χ1v) is 5.46. The van der Waals surface area contributed by atoms with Crippen LogP contribution in [-0.4, -0.2) is 4.98 Å². The third kappa shape index (κ3) is 1.11. The van der Waals surface area contributed by atoms with E-state index in [1.54, 1.807) is 11.3 Å². The molecule has 0 saturated heterocycles. The van der Waals surface area contributed by atoms with Crippen molar-refractivity contribution >= 4 is 43.1 Å². The summed E-state index contributed by atoms with van der Waals surface area (Å²) in [7, 11) is 0. The number of nitrogens with zero attached hydrogens (tertiary/aromatic N) is 1. The van der Waals surface area contributed by atoms with Crippen LogP contribution in [0.15, 0.2) is 36.7 Å². The van der Waals surface area contributed by atoms with Gasteiger partial charge in [0.1, 0.15) is 0 Å². The molecule has 1 nitrogen and oxygen atoms in total. The van der Waals surface area contributed by atoms with Gasteiger partial charge in [-0.1, -0.05) is 17.7 Å². The molecule has 0 fully saturated rings. The van der Waals surface area contributed by atoms with Crippen molar-refractivity contribution in [2.75, 3.05) is 0 Å². The van der Waals surface area contributed by atoms with E-state index >= 15 is 0 Å². The van der Waals surface area contributed by atoms with E-state index in [9.17, 15) is 0 Å². The van der Waals surface area contributed by atoms with Gasteiger partial charge in [-0.25, -0.2) is 0 Å². The van der Waals surface area contributed by atoms with Crippen molar-refractivity contribution in [3.63, 3.8) is 0 Å². The molecule has 1 aromatic carbocycles. The monoisotopic (exact) mass is 219 g/mol. The molecule has 3 aromatic rings. The van der Waals surface area contributed by atoms with E-state index in [2.05, 4.69) is 11.1 Å². The molecule has 0 saturated carbocycles. The summed E-state index contributed by atoms with van der Waals surface area (Å²) < 4.78 is 2.48. The van der Waals surface area contributed by atoms with E-state index in [4.69, 9.17) is 11.6 Å². The van der Waals surface area contributed by atoms with E-state index in [0.29, 0.717) is 0 Å². The molecule has 3 heteroatoms. The van der Waals surface area contributed by atoms with Crippen LogP contribution in [0.5, 0.6) is 0 Å². The molecule has 68 valence electrons. The van der Waals surface area contributed by atoms with Crippen molar-refractivity contribution in [3.05, 3.63) is 41.7 Å². The fourth-order valence-electron chi connectivity index (χ4n) is 1.59. The molecular weight excluding hydrogens is 214 g/mol. The van der Waals surface area contributed by atoms with Gasteiger partial charge in [-0.05, 0) is 18.2 Å². The zero-order valence-electron chi connectivity index (χ0n) is 7.20. The standard InChI is InChI=1S/C11H6ClNS/c12-7-1-2-8-9-6-13-4-3-10(9)14-11(8)5-7/h1-6H. The van der Waals surface area contributed by atoms with Gasteiger partial charge >= 0.3 is 0 Å². The van der Waals surface area contributed by atoms with E-state index in [1.807, 2.05) is 30.6 Å². The topological polar surface area (TPSA) is 12.9 Å². The molecule has 0 N–H and O–H groups in total. The lowest BCUT2D eigenvalue weighted by Crippen LogP contribution is -1.68. The second kappa shape index (κ2) is 2.94. The lowest BCUT2D eigenvalue weighted by molar-refractivity contribution is 1.37. The highest BCUT2D eigenvalue weighted by atomic mass is 35.5. The highest BCUT2D eigenvalue weighted by Gasteiger charge is 2.04. The van der Waals surface area contributed by atoms with Crippen molar-refractivity contribution < 1.29 is 0 Å². The van der Waals surface area contributed by atoms with Gasteiger partial charge in [0, 0.05) is 37.6 Å². The Bertz CT molecular complexity index is 615. The van der Waals surface area contributed by atoms with Crippen LogP contribution < -0.4 is 0 Å². The van der Waals surface area contributed by atoms with Gasteiger partial charge in [0.15, 0.2) is 0 Å². The number of thiophene rings is 1. The minimum absolute atomic E-state index is 0.789. The summed E-state index contributed by atoms with van der Waals surface area (Å²) in [5, 5.41) is 3.24. The Morgan fingerprint density at radius 1 is 1.07 bits per heavy atom. The lowest BCUT2D eigenvalue weighted by atomic mass is 10.2. The number of halogens is 1. The fraction of sp³-hybridized carbons (Fsp3) is 0. The first-order chi connectivity index (χ1) is 6.84. The third-order valence-corrected chi connectivity index (χ3v) is 3.60. The Labute approximate surface area is 90.0 Å². The van der Waals surface area contributed by atoms with Gasteiger partial charge in [-0.2, -0.15) is 0 Å². The average molecular weight is 220 g/mol. The summed E-state index contributed by atoms with van der Waals surface area (Å²) in [4.78, 5) is 4.13. The Morgan fingerprint density at radius 2 is 2.00 bits per heavy atom. The van der Waals surface area contributed by atoms with E-state index in [0.717, 1.165) is 5.02 Å². The van der Waals surface area contributed by atoms with Crippen molar-refractivity contribution in [2.45, 2.75) is 0 Å². The van der Waals surface area contributed by atoms with Gasteiger partial charge in [0.2, 0.25) is 0 Å².